The molecule has 0 aliphatic rings. The SMILES string of the molecule is CC(C)c1cccc(Oc2ccccc2C(C)O)c1. The van der Waals surface area contributed by atoms with Gasteiger partial charge in [-0.1, -0.05) is 44.2 Å². The molecular weight excluding hydrogens is 236 g/mol. The van der Waals surface area contributed by atoms with Crippen molar-refractivity contribution < 1.29 is 9.84 Å². The second kappa shape index (κ2) is 5.89. The van der Waals surface area contributed by atoms with Crippen LogP contribution in [0.5, 0.6) is 11.5 Å². The van der Waals surface area contributed by atoms with Gasteiger partial charge in [-0.3, -0.25) is 0 Å². The van der Waals surface area contributed by atoms with Gasteiger partial charge < -0.3 is 9.84 Å². The summed E-state index contributed by atoms with van der Waals surface area (Å²) >= 11 is 0. The molecule has 2 nitrogen and oxygen atoms in total. The molecule has 0 aliphatic carbocycles. The van der Waals surface area contributed by atoms with E-state index in [0.29, 0.717) is 11.7 Å². The summed E-state index contributed by atoms with van der Waals surface area (Å²) in [5, 5.41) is 9.75. The van der Waals surface area contributed by atoms with E-state index in [4.69, 9.17) is 4.74 Å². The van der Waals surface area contributed by atoms with Crippen LogP contribution in [0.2, 0.25) is 0 Å². The van der Waals surface area contributed by atoms with E-state index in [9.17, 15) is 5.11 Å². The molecule has 0 bridgehead atoms. The Bertz CT molecular complexity index is 544. The van der Waals surface area contributed by atoms with Crippen molar-refractivity contribution in [2.24, 2.45) is 0 Å². The molecule has 0 heterocycles. The Morgan fingerprint density at radius 3 is 2.37 bits per heavy atom. The molecule has 100 valence electrons. The molecule has 0 spiro atoms. The number of hydrogen-bond donors (Lipinski definition) is 1. The maximum atomic E-state index is 9.75. The van der Waals surface area contributed by atoms with Crippen LogP contribution in [0.15, 0.2) is 48.5 Å². The molecule has 1 atom stereocenters. The molecule has 0 saturated heterocycles. The minimum Gasteiger partial charge on any atom is -0.457 e. The van der Waals surface area contributed by atoms with E-state index in [1.54, 1.807) is 6.92 Å². The summed E-state index contributed by atoms with van der Waals surface area (Å²) in [5.74, 6) is 1.98. The molecule has 0 saturated carbocycles. The molecule has 1 N–H and O–H groups in total. The lowest BCUT2D eigenvalue weighted by molar-refractivity contribution is 0.195. The van der Waals surface area contributed by atoms with Crippen LogP contribution in [0.4, 0.5) is 0 Å². The number of aliphatic hydroxyl groups excluding tert-OH is 1. The standard InChI is InChI=1S/C17H20O2/c1-12(2)14-7-6-8-15(11-14)19-17-10-5-4-9-16(17)13(3)18/h4-13,18H,1-3H3. The fourth-order valence-corrected chi connectivity index (χ4v) is 1.98. The van der Waals surface area contributed by atoms with E-state index in [1.165, 1.54) is 5.56 Å². The van der Waals surface area contributed by atoms with Crippen molar-refractivity contribution in [2.75, 3.05) is 0 Å². The first-order valence-electron chi connectivity index (χ1n) is 6.62. The van der Waals surface area contributed by atoms with Crippen LogP contribution >= 0.6 is 0 Å². The summed E-state index contributed by atoms with van der Waals surface area (Å²) < 4.78 is 5.90. The Kier molecular flexibility index (Phi) is 4.23. The first-order valence-corrected chi connectivity index (χ1v) is 6.62. The molecule has 2 aromatic carbocycles. The summed E-state index contributed by atoms with van der Waals surface area (Å²) in [6, 6.07) is 15.6. The van der Waals surface area contributed by atoms with Crippen molar-refractivity contribution in [1.82, 2.24) is 0 Å². The number of rotatable bonds is 4. The molecule has 0 aromatic heterocycles. The first kappa shape index (κ1) is 13.6. The van der Waals surface area contributed by atoms with Crippen LogP contribution < -0.4 is 4.74 Å². The average molecular weight is 256 g/mol. The molecule has 1 unspecified atom stereocenters. The quantitative estimate of drug-likeness (QED) is 0.862. The summed E-state index contributed by atoms with van der Waals surface area (Å²) in [6.07, 6.45) is -0.538. The summed E-state index contributed by atoms with van der Waals surface area (Å²) in [6.45, 7) is 6.05. The van der Waals surface area contributed by atoms with Crippen LogP contribution in [-0.2, 0) is 0 Å². The van der Waals surface area contributed by atoms with Crippen LogP contribution in [0.1, 0.15) is 43.9 Å². The van der Waals surface area contributed by atoms with Crippen LogP contribution in [-0.4, -0.2) is 5.11 Å². The second-order valence-electron chi connectivity index (χ2n) is 5.04. The van der Waals surface area contributed by atoms with Crippen LogP contribution in [0.25, 0.3) is 0 Å². The average Bonchev–Trinajstić information content (AvgIpc) is 2.39. The molecule has 2 aromatic rings. The Hall–Kier alpha value is -1.80. The van der Waals surface area contributed by atoms with Gasteiger partial charge in [0.15, 0.2) is 0 Å². The van der Waals surface area contributed by atoms with E-state index < -0.39 is 6.10 Å². The maximum absolute atomic E-state index is 9.75. The Labute approximate surface area is 114 Å². The van der Waals surface area contributed by atoms with Gasteiger partial charge in [-0.15, -0.1) is 0 Å². The third-order valence-electron chi connectivity index (χ3n) is 3.12. The molecule has 2 heteroatoms. The Morgan fingerprint density at radius 2 is 1.68 bits per heavy atom. The minimum atomic E-state index is -0.538. The smallest absolute Gasteiger partial charge is 0.133 e. The highest BCUT2D eigenvalue weighted by atomic mass is 16.5. The van der Waals surface area contributed by atoms with Crippen molar-refractivity contribution in [2.45, 2.75) is 32.8 Å². The van der Waals surface area contributed by atoms with Crippen molar-refractivity contribution in [1.29, 1.82) is 0 Å². The summed E-state index contributed by atoms with van der Waals surface area (Å²) in [4.78, 5) is 0. The van der Waals surface area contributed by atoms with Crippen LogP contribution in [0.3, 0.4) is 0 Å². The molecule has 0 fully saturated rings. The van der Waals surface area contributed by atoms with Gasteiger partial charge in [0.25, 0.3) is 0 Å². The number of hydrogen-bond acceptors (Lipinski definition) is 2. The first-order chi connectivity index (χ1) is 9.08. The van der Waals surface area contributed by atoms with E-state index in [2.05, 4.69) is 19.9 Å². The third-order valence-corrected chi connectivity index (χ3v) is 3.12. The Balaban J connectivity index is 2.29. The van der Waals surface area contributed by atoms with Crippen molar-refractivity contribution in [3.05, 3.63) is 59.7 Å². The van der Waals surface area contributed by atoms with Crippen molar-refractivity contribution in [3.63, 3.8) is 0 Å². The number of benzene rings is 2. The van der Waals surface area contributed by atoms with Crippen LogP contribution in [0, 0.1) is 0 Å². The van der Waals surface area contributed by atoms with Gasteiger partial charge in [0.2, 0.25) is 0 Å². The molecular formula is C17H20O2. The highest BCUT2D eigenvalue weighted by Crippen LogP contribution is 2.30. The molecule has 19 heavy (non-hydrogen) atoms. The van der Waals surface area contributed by atoms with Crippen molar-refractivity contribution in [3.8, 4) is 11.5 Å². The summed E-state index contributed by atoms with van der Waals surface area (Å²) in [7, 11) is 0. The predicted octanol–water partition coefficient (Wildman–Crippen LogP) is 4.66. The van der Waals surface area contributed by atoms with E-state index in [1.807, 2.05) is 42.5 Å². The zero-order valence-corrected chi connectivity index (χ0v) is 11.6. The lowest BCUT2D eigenvalue weighted by Crippen LogP contribution is -1.96. The number of aliphatic hydroxyl groups is 1. The predicted molar refractivity (Wildman–Crippen MR) is 77.7 cm³/mol. The van der Waals surface area contributed by atoms with Gasteiger partial charge >= 0.3 is 0 Å². The zero-order valence-electron chi connectivity index (χ0n) is 11.6. The van der Waals surface area contributed by atoms with Gasteiger partial charge in [0, 0.05) is 5.56 Å². The Morgan fingerprint density at radius 1 is 0.947 bits per heavy atom. The van der Waals surface area contributed by atoms with Gasteiger partial charge in [0.05, 0.1) is 6.10 Å². The van der Waals surface area contributed by atoms with Gasteiger partial charge in [0.1, 0.15) is 11.5 Å². The van der Waals surface area contributed by atoms with Gasteiger partial charge in [-0.25, -0.2) is 0 Å². The second-order valence-corrected chi connectivity index (χ2v) is 5.04. The number of para-hydroxylation sites is 1. The topological polar surface area (TPSA) is 29.5 Å². The normalized spacial score (nSPS) is 12.5. The highest BCUT2D eigenvalue weighted by Gasteiger charge is 2.09. The summed E-state index contributed by atoms with van der Waals surface area (Å²) in [5.41, 5.74) is 2.05. The molecule has 2 rings (SSSR count). The highest BCUT2D eigenvalue weighted by molar-refractivity contribution is 5.40. The fourth-order valence-electron chi connectivity index (χ4n) is 1.98. The molecule has 0 radical (unpaired) electrons. The minimum absolute atomic E-state index is 0.468. The molecule has 0 amide bonds. The van der Waals surface area contributed by atoms with E-state index in [0.717, 1.165) is 11.3 Å². The van der Waals surface area contributed by atoms with E-state index >= 15 is 0 Å². The lowest BCUT2D eigenvalue weighted by Gasteiger charge is -2.14. The fraction of sp³-hybridized carbons (Fsp3) is 0.294. The largest absolute Gasteiger partial charge is 0.457 e. The van der Waals surface area contributed by atoms with Gasteiger partial charge in [-0.05, 0) is 36.6 Å². The van der Waals surface area contributed by atoms with Crippen molar-refractivity contribution >= 4 is 0 Å². The maximum Gasteiger partial charge on any atom is 0.133 e. The number of ether oxygens (including phenoxy) is 1. The van der Waals surface area contributed by atoms with Gasteiger partial charge in [-0.2, -0.15) is 0 Å². The zero-order chi connectivity index (χ0) is 13.8. The lowest BCUT2D eigenvalue weighted by atomic mass is 10.0. The third kappa shape index (κ3) is 3.36. The monoisotopic (exact) mass is 256 g/mol. The molecule has 0 aliphatic heterocycles. The van der Waals surface area contributed by atoms with E-state index in [-0.39, 0.29) is 0 Å².